The standard InChI is InChI=1S/C12H25NO2/c1-6-9-10(4)13(5)11(7-2)12(14)15-8-3/h10-11H,6-9H2,1-5H3. The van der Waals surface area contributed by atoms with Crippen LogP contribution >= 0.6 is 0 Å². The first-order valence-corrected chi connectivity index (χ1v) is 5.96. The molecule has 0 radical (unpaired) electrons. The average Bonchev–Trinajstić information content (AvgIpc) is 2.19. The van der Waals surface area contributed by atoms with Crippen LogP contribution in [0.25, 0.3) is 0 Å². The molecular weight excluding hydrogens is 190 g/mol. The molecule has 0 aromatic carbocycles. The molecule has 0 N–H and O–H groups in total. The Kier molecular flexibility index (Phi) is 7.39. The lowest BCUT2D eigenvalue weighted by Gasteiger charge is -2.30. The van der Waals surface area contributed by atoms with E-state index in [-0.39, 0.29) is 12.0 Å². The summed E-state index contributed by atoms with van der Waals surface area (Å²) in [6, 6.07) is 0.343. The molecule has 0 saturated carbocycles. The minimum Gasteiger partial charge on any atom is -0.465 e. The van der Waals surface area contributed by atoms with Gasteiger partial charge in [0.2, 0.25) is 0 Å². The fourth-order valence-electron chi connectivity index (χ4n) is 1.79. The van der Waals surface area contributed by atoms with E-state index < -0.39 is 0 Å². The van der Waals surface area contributed by atoms with E-state index in [4.69, 9.17) is 4.74 Å². The topological polar surface area (TPSA) is 29.5 Å². The third-order valence-electron chi connectivity index (χ3n) is 2.84. The highest BCUT2D eigenvalue weighted by molar-refractivity contribution is 5.75. The first-order valence-electron chi connectivity index (χ1n) is 5.96. The Bertz CT molecular complexity index is 182. The molecule has 0 spiro atoms. The van der Waals surface area contributed by atoms with Crippen molar-refractivity contribution in [2.24, 2.45) is 0 Å². The average molecular weight is 215 g/mol. The second kappa shape index (κ2) is 7.69. The van der Waals surface area contributed by atoms with E-state index in [2.05, 4.69) is 18.7 Å². The van der Waals surface area contributed by atoms with Gasteiger partial charge < -0.3 is 4.74 Å². The molecule has 0 bridgehead atoms. The molecule has 2 unspecified atom stereocenters. The summed E-state index contributed by atoms with van der Waals surface area (Å²) in [5.41, 5.74) is 0. The minimum absolute atomic E-state index is 0.0912. The van der Waals surface area contributed by atoms with Crippen molar-refractivity contribution in [3.8, 4) is 0 Å². The quantitative estimate of drug-likeness (QED) is 0.611. The Morgan fingerprint density at radius 2 is 1.93 bits per heavy atom. The van der Waals surface area contributed by atoms with Crippen LogP contribution in [-0.2, 0) is 9.53 Å². The number of nitrogens with zero attached hydrogens (tertiary/aromatic N) is 1. The van der Waals surface area contributed by atoms with Crippen LogP contribution in [0.2, 0.25) is 0 Å². The van der Waals surface area contributed by atoms with Gasteiger partial charge in [-0.3, -0.25) is 9.69 Å². The largest absolute Gasteiger partial charge is 0.465 e. The number of ether oxygens (including phenoxy) is 1. The Morgan fingerprint density at radius 1 is 1.33 bits per heavy atom. The third kappa shape index (κ3) is 4.65. The fraction of sp³-hybridized carbons (Fsp3) is 0.917. The van der Waals surface area contributed by atoms with Crippen molar-refractivity contribution in [1.82, 2.24) is 4.90 Å². The van der Waals surface area contributed by atoms with Crippen molar-refractivity contribution < 1.29 is 9.53 Å². The van der Waals surface area contributed by atoms with Crippen molar-refractivity contribution in [1.29, 1.82) is 0 Å². The highest BCUT2D eigenvalue weighted by Crippen LogP contribution is 2.12. The van der Waals surface area contributed by atoms with Crippen LogP contribution < -0.4 is 0 Å². The zero-order valence-corrected chi connectivity index (χ0v) is 10.7. The predicted octanol–water partition coefficient (Wildman–Crippen LogP) is 2.45. The maximum Gasteiger partial charge on any atom is 0.323 e. The van der Waals surface area contributed by atoms with Gasteiger partial charge in [-0.1, -0.05) is 20.3 Å². The molecule has 0 fully saturated rings. The Balaban J connectivity index is 4.31. The molecule has 2 atom stereocenters. The van der Waals surface area contributed by atoms with Gasteiger partial charge in [-0.25, -0.2) is 0 Å². The van der Waals surface area contributed by atoms with Crippen LogP contribution in [0, 0.1) is 0 Å². The van der Waals surface area contributed by atoms with Gasteiger partial charge in [0.15, 0.2) is 0 Å². The van der Waals surface area contributed by atoms with Crippen LogP contribution in [0.15, 0.2) is 0 Å². The molecule has 3 heteroatoms. The number of hydrogen-bond acceptors (Lipinski definition) is 3. The maximum absolute atomic E-state index is 11.7. The second-order valence-corrected chi connectivity index (χ2v) is 3.98. The summed E-state index contributed by atoms with van der Waals surface area (Å²) in [4.78, 5) is 13.8. The zero-order chi connectivity index (χ0) is 11.8. The normalized spacial score (nSPS) is 15.1. The molecule has 0 aliphatic heterocycles. The van der Waals surface area contributed by atoms with Gasteiger partial charge >= 0.3 is 5.97 Å². The van der Waals surface area contributed by atoms with E-state index in [9.17, 15) is 4.79 Å². The van der Waals surface area contributed by atoms with Gasteiger partial charge in [0.05, 0.1) is 6.61 Å². The van der Waals surface area contributed by atoms with Gasteiger partial charge in [0, 0.05) is 6.04 Å². The van der Waals surface area contributed by atoms with E-state index in [0.717, 1.165) is 19.3 Å². The number of carbonyl (C=O) groups excluding carboxylic acids is 1. The monoisotopic (exact) mass is 215 g/mol. The Labute approximate surface area is 93.8 Å². The molecule has 15 heavy (non-hydrogen) atoms. The molecule has 0 saturated heterocycles. The molecule has 0 rings (SSSR count). The van der Waals surface area contributed by atoms with E-state index in [1.54, 1.807) is 0 Å². The van der Waals surface area contributed by atoms with Crippen LogP contribution in [0.5, 0.6) is 0 Å². The van der Waals surface area contributed by atoms with Crippen LogP contribution in [0.1, 0.15) is 47.0 Å². The predicted molar refractivity (Wildman–Crippen MR) is 62.8 cm³/mol. The van der Waals surface area contributed by atoms with Crippen molar-refractivity contribution in [3.63, 3.8) is 0 Å². The summed E-state index contributed by atoms with van der Waals surface area (Å²) < 4.78 is 5.06. The molecule has 0 heterocycles. The highest BCUT2D eigenvalue weighted by atomic mass is 16.5. The summed E-state index contributed by atoms with van der Waals surface area (Å²) in [6.45, 7) is 8.66. The summed E-state index contributed by atoms with van der Waals surface area (Å²) >= 11 is 0. The van der Waals surface area contributed by atoms with Gasteiger partial charge in [0.1, 0.15) is 6.04 Å². The van der Waals surface area contributed by atoms with Crippen LogP contribution in [0.4, 0.5) is 0 Å². The summed E-state index contributed by atoms with van der Waals surface area (Å²) in [7, 11) is 2.01. The Hall–Kier alpha value is -0.570. The van der Waals surface area contributed by atoms with E-state index >= 15 is 0 Å². The molecule has 0 aromatic heterocycles. The van der Waals surface area contributed by atoms with Gasteiger partial charge in [0.25, 0.3) is 0 Å². The number of esters is 1. The van der Waals surface area contributed by atoms with Crippen molar-refractivity contribution in [2.75, 3.05) is 13.7 Å². The molecular formula is C12H25NO2. The maximum atomic E-state index is 11.7. The first-order chi connectivity index (χ1) is 7.08. The summed E-state index contributed by atoms with van der Waals surface area (Å²) in [6.07, 6.45) is 3.07. The first kappa shape index (κ1) is 14.4. The lowest BCUT2D eigenvalue weighted by Crippen LogP contribution is -2.44. The lowest BCUT2D eigenvalue weighted by atomic mass is 10.1. The molecule has 0 aromatic rings. The Morgan fingerprint density at radius 3 is 2.33 bits per heavy atom. The third-order valence-corrected chi connectivity index (χ3v) is 2.84. The number of likely N-dealkylation sites (N-methyl/N-ethyl adjacent to an activating group) is 1. The summed E-state index contributed by atoms with van der Waals surface area (Å²) in [5, 5.41) is 0. The second-order valence-electron chi connectivity index (χ2n) is 3.98. The molecule has 0 amide bonds. The number of hydrogen-bond donors (Lipinski definition) is 0. The molecule has 0 aliphatic carbocycles. The molecule has 90 valence electrons. The summed E-state index contributed by atoms with van der Waals surface area (Å²) in [5.74, 6) is -0.0922. The van der Waals surface area contributed by atoms with E-state index in [0.29, 0.717) is 12.6 Å². The number of carbonyl (C=O) groups is 1. The highest BCUT2D eigenvalue weighted by Gasteiger charge is 2.25. The number of rotatable bonds is 7. The zero-order valence-electron chi connectivity index (χ0n) is 10.7. The van der Waals surface area contributed by atoms with Gasteiger partial charge in [-0.15, -0.1) is 0 Å². The van der Waals surface area contributed by atoms with E-state index in [1.807, 2.05) is 20.9 Å². The fourth-order valence-corrected chi connectivity index (χ4v) is 1.79. The van der Waals surface area contributed by atoms with Crippen molar-refractivity contribution in [2.45, 2.75) is 59.0 Å². The molecule has 0 aliphatic rings. The van der Waals surface area contributed by atoms with Gasteiger partial charge in [-0.05, 0) is 33.7 Å². The van der Waals surface area contributed by atoms with Crippen LogP contribution in [0.3, 0.4) is 0 Å². The van der Waals surface area contributed by atoms with E-state index in [1.165, 1.54) is 0 Å². The van der Waals surface area contributed by atoms with Crippen molar-refractivity contribution in [3.05, 3.63) is 0 Å². The van der Waals surface area contributed by atoms with Crippen molar-refractivity contribution >= 4 is 5.97 Å². The van der Waals surface area contributed by atoms with Crippen LogP contribution in [-0.4, -0.2) is 36.6 Å². The minimum atomic E-state index is -0.0922. The smallest absolute Gasteiger partial charge is 0.323 e. The molecule has 3 nitrogen and oxygen atoms in total. The lowest BCUT2D eigenvalue weighted by molar-refractivity contribution is -0.150. The SMILES string of the molecule is CCCC(C)N(C)C(CC)C(=O)OCC. The van der Waals surface area contributed by atoms with Gasteiger partial charge in [-0.2, -0.15) is 0 Å².